The highest BCUT2D eigenvalue weighted by atomic mass is 16.2. The van der Waals surface area contributed by atoms with Crippen molar-refractivity contribution in [2.45, 2.75) is 26.2 Å². The van der Waals surface area contributed by atoms with Gasteiger partial charge in [-0.3, -0.25) is 14.6 Å². The average Bonchev–Trinajstić information content (AvgIpc) is 3.28. The van der Waals surface area contributed by atoms with Crippen molar-refractivity contribution in [1.82, 2.24) is 4.98 Å². The first-order chi connectivity index (χ1) is 10.6. The molecule has 1 N–H and O–H groups in total. The summed E-state index contributed by atoms with van der Waals surface area (Å²) in [6, 6.07) is 9.39. The summed E-state index contributed by atoms with van der Waals surface area (Å²) in [5.74, 6) is 0.138. The van der Waals surface area contributed by atoms with Crippen LogP contribution in [0.2, 0.25) is 0 Å². The van der Waals surface area contributed by atoms with Gasteiger partial charge < -0.3 is 5.32 Å². The first kappa shape index (κ1) is 14.4. The maximum absolute atomic E-state index is 12.4. The van der Waals surface area contributed by atoms with E-state index in [1.807, 2.05) is 37.4 Å². The molecule has 2 unspecified atom stereocenters. The van der Waals surface area contributed by atoms with Crippen molar-refractivity contribution in [3.05, 3.63) is 59.4 Å². The predicted octanol–water partition coefficient (Wildman–Crippen LogP) is 3.33. The number of nitrogens with one attached hydrogen (secondary N) is 1. The van der Waals surface area contributed by atoms with Gasteiger partial charge in [0.15, 0.2) is 5.78 Å². The van der Waals surface area contributed by atoms with E-state index in [0.717, 1.165) is 17.5 Å². The van der Waals surface area contributed by atoms with E-state index in [1.165, 1.54) is 6.92 Å². The van der Waals surface area contributed by atoms with Crippen LogP contribution in [0.5, 0.6) is 0 Å². The molecule has 1 amide bonds. The molecule has 1 aromatic heterocycles. The van der Waals surface area contributed by atoms with Crippen molar-refractivity contribution in [2.75, 3.05) is 5.32 Å². The van der Waals surface area contributed by atoms with Crippen LogP contribution in [-0.2, 0) is 4.79 Å². The van der Waals surface area contributed by atoms with Crippen LogP contribution in [0, 0.1) is 12.8 Å². The summed E-state index contributed by atoms with van der Waals surface area (Å²) in [4.78, 5) is 28.3. The minimum atomic E-state index is -0.0375. The monoisotopic (exact) mass is 294 g/mol. The molecule has 0 bridgehead atoms. The van der Waals surface area contributed by atoms with Crippen LogP contribution >= 0.6 is 0 Å². The number of aromatic nitrogens is 1. The molecule has 0 aliphatic heterocycles. The molecule has 112 valence electrons. The summed E-state index contributed by atoms with van der Waals surface area (Å²) in [5.41, 5.74) is 3.17. The van der Waals surface area contributed by atoms with Gasteiger partial charge in [0, 0.05) is 23.9 Å². The number of aryl methyl sites for hydroxylation is 1. The normalized spacial score (nSPS) is 19.5. The molecule has 4 heteroatoms. The third-order valence-electron chi connectivity index (χ3n) is 4.12. The molecule has 22 heavy (non-hydrogen) atoms. The van der Waals surface area contributed by atoms with Gasteiger partial charge in [-0.25, -0.2) is 0 Å². The zero-order valence-electron chi connectivity index (χ0n) is 12.7. The Hall–Kier alpha value is -2.49. The van der Waals surface area contributed by atoms with Crippen molar-refractivity contribution in [2.24, 2.45) is 5.92 Å². The zero-order valence-corrected chi connectivity index (χ0v) is 12.7. The highest BCUT2D eigenvalue weighted by Gasteiger charge is 2.44. The van der Waals surface area contributed by atoms with E-state index in [4.69, 9.17) is 0 Å². The SMILES string of the molecule is CC(=O)c1c(C)cccc1NC(=O)C1CC1c1cccnc1. The van der Waals surface area contributed by atoms with Gasteiger partial charge in [0.2, 0.25) is 5.91 Å². The molecule has 4 nitrogen and oxygen atoms in total. The fourth-order valence-electron chi connectivity index (χ4n) is 2.91. The highest BCUT2D eigenvalue weighted by Crippen LogP contribution is 2.47. The van der Waals surface area contributed by atoms with Crippen molar-refractivity contribution < 1.29 is 9.59 Å². The highest BCUT2D eigenvalue weighted by molar-refractivity contribution is 6.05. The quantitative estimate of drug-likeness (QED) is 0.880. The van der Waals surface area contributed by atoms with Crippen molar-refractivity contribution in [1.29, 1.82) is 0 Å². The summed E-state index contributed by atoms with van der Waals surface area (Å²) in [6.07, 6.45) is 4.37. The first-order valence-corrected chi connectivity index (χ1v) is 7.39. The van der Waals surface area contributed by atoms with Crippen LogP contribution in [-0.4, -0.2) is 16.7 Å². The van der Waals surface area contributed by atoms with Gasteiger partial charge in [0.1, 0.15) is 0 Å². The molecule has 0 saturated heterocycles. The van der Waals surface area contributed by atoms with Gasteiger partial charge in [0.25, 0.3) is 0 Å². The van der Waals surface area contributed by atoms with Crippen LogP contribution in [0.25, 0.3) is 0 Å². The topological polar surface area (TPSA) is 59.1 Å². The maximum atomic E-state index is 12.4. The molecule has 1 fully saturated rings. The lowest BCUT2D eigenvalue weighted by atomic mass is 10.0. The number of Topliss-reactive ketones (excluding diaryl/α,β-unsaturated/α-hetero) is 1. The average molecular weight is 294 g/mol. The standard InChI is InChI=1S/C18H18N2O2/c1-11-5-3-7-16(17(11)12(2)21)20-18(22)15-9-14(15)13-6-4-8-19-10-13/h3-8,10,14-15H,9H2,1-2H3,(H,20,22). The molecular weight excluding hydrogens is 276 g/mol. The molecule has 1 aliphatic rings. The number of carbonyl (C=O) groups excluding carboxylic acids is 2. The summed E-state index contributed by atoms with van der Waals surface area (Å²) >= 11 is 0. The zero-order chi connectivity index (χ0) is 15.7. The van der Waals surface area contributed by atoms with E-state index in [9.17, 15) is 9.59 Å². The van der Waals surface area contributed by atoms with E-state index in [0.29, 0.717) is 11.3 Å². The molecule has 0 spiro atoms. The lowest BCUT2D eigenvalue weighted by Crippen LogP contribution is -2.17. The Balaban J connectivity index is 1.74. The number of hydrogen-bond donors (Lipinski definition) is 1. The Kier molecular flexibility index (Phi) is 3.75. The number of anilines is 1. The third-order valence-corrected chi connectivity index (χ3v) is 4.12. The molecule has 1 saturated carbocycles. The Morgan fingerprint density at radius 3 is 2.73 bits per heavy atom. The number of ketones is 1. The second-order valence-electron chi connectivity index (χ2n) is 5.78. The van der Waals surface area contributed by atoms with Gasteiger partial charge in [-0.15, -0.1) is 0 Å². The van der Waals surface area contributed by atoms with E-state index in [1.54, 1.807) is 12.3 Å². The molecule has 2 aromatic rings. The Labute approximate surface area is 129 Å². The fraction of sp³-hybridized carbons (Fsp3) is 0.278. The second kappa shape index (κ2) is 5.72. The van der Waals surface area contributed by atoms with Crippen molar-refractivity contribution >= 4 is 17.4 Å². The molecule has 1 aliphatic carbocycles. The van der Waals surface area contributed by atoms with Gasteiger partial charge in [-0.1, -0.05) is 18.2 Å². The summed E-state index contributed by atoms with van der Waals surface area (Å²) in [5, 5.41) is 2.91. The molecule has 1 heterocycles. The maximum Gasteiger partial charge on any atom is 0.228 e. The Bertz CT molecular complexity index is 725. The van der Waals surface area contributed by atoms with E-state index in [2.05, 4.69) is 10.3 Å². The number of rotatable bonds is 4. The number of pyridine rings is 1. The van der Waals surface area contributed by atoms with Gasteiger partial charge in [-0.05, 0) is 49.4 Å². The van der Waals surface area contributed by atoms with Crippen molar-refractivity contribution in [3.63, 3.8) is 0 Å². The van der Waals surface area contributed by atoms with Gasteiger partial charge >= 0.3 is 0 Å². The van der Waals surface area contributed by atoms with Crippen LogP contribution in [0.4, 0.5) is 5.69 Å². The summed E-state index contributed by atoms with van der Waals surface area (Å²) < 4.78 is 0. The van der Waals surface area contributed by atoms with E-state index < -0.39 is 0 Å². The Morgan fingerprint density at radius 2 is 2.05 bits per heavy atom. The van der Waals surface area contributed by atoms with Crippen LogP contribution < -0.4 is 5.32 Å². The summed E-state index contributed by atoms with van der Waals surface area (Å²) in [7, 11) is 0. The minimum Gasteiger partial charge on any atom is -0.325 e. The minimum absolute atomic E-state index is 0.0260. The second-order valence-corrected chi connectivity index (χ2v) is 5.78. The molecule has 3 rings (SSSR count). The summed E-state index contributed by atoms with van der Waals surface area (Å²) in [6.45, 7) is 3.40. The smallest absolute Gasteiger partial charge is 0.228 e. The number of hydrogen-bond acceptors (Lipinski definition) is 3. The number of nitrogens with zero attached hydrogens (tertiary/aromatic N) is 1. The van der Waals surface area contributed by atoms with Crippen LogP contribution in [0.1, 0.15) is 40.7 Å². The number of amides is 1. The van der Waals surface area contributed by atoms with E-state index in [-0.39, 0.29) is 23.5 Å². The van der Waals surface area contributed by atoms with Gasteiger partial charge in [0.05, 0.1) is 5.69 Å². The predicted molar refractivity (Wildman–Crippen MR) is 84.9 cm³/mol. The van der Waals surface area contributed by atoms with Crippen LogP contribution in [0.3, 0.4) is 0 Å². The van der Waals surface area contributed by atoms with Crippen molar-refractivity contribution in [3.8, 4) is 0 Å². The lowest BCUT2D eigenvalue weighted by Gasteiger charge is -2.11. The van der Waals surface area contributed by atoms with E-state index >= 15 is 0 Å². The fourth-order valence-corrected chi connectivity index (χ4v) is 2.91. The molecular formula is C18H18N2O2. The molecule has 0 radical (unpaired) electrons. The lowest BCUT2D eigenvalue weighted by molar-refractivity contribution is -0.117. The molecule has 2 atom stereocenters. The largest absolute Gasteiger partial charge is 0.325 e. The number of benzene rings is 1. The van der Waals surface area contributed by atoms with Crippen LogP contribution in [0.15, 0.2) is 42.7 Å². The Morgan fingerprint density at radius 1 is 1.23 bits per heavy atom. The van der Waals surface area contributed by atoms with Gasteiger partial charge in [-0.2, -0.15) is 0 Å². The number of carbonyl (C=O) groups is 2. The first-order valence-electron chi connectivity index (χ1n) is 7.39. The third kappa shape index (κ3) is 2.77. The molecule has 1 aromatic carbocycles.